The average Bonchev–Trinajstić information content (AvgIpc) is 2.90. The first-order chi connectivity index (χ1) is 9.26. The Morgan fingerprint density at radius 2 is 2.26 bits per heavy atom. The van der Waals surface area contributed by atoms with Gasteiger partial charge in [-0.3, -0.25) is 4.79 Å². The van der Waals surface area contributed by atoms with Gasteiger partial charge in [-0.25, -0.2) is 0 Å². The maximum absolute atomic E-state index is 11.6. The summed E-state index contributed by atoms with van der Waals surface area (Å²) < 4.78 is 5.26. The van der Waals surface area contributed by atoms with E-state index in [4.69, 9.17) is 10.5 Å². The molecule has 0 aliphatic carbocycles. The van der Waals surface area contributed by atoms with Crippen LogP contribution in [0, 0.1) is 5.92 Å². The molecule has 1 aromatic rings. The smallest absolute Gasteiger partial charge is 0.305 e. The molecule has 19 heavy (non-hydrogen) atoms. The van der Waals surface area contributed by atoms with Gasteiger partial charge in [0.1, 0.15) is 0 Å². The molecule has 1 rings (SSSR count). The van der Waals surface area contributed by atoms with E-state index < -0.39 is 0 Å². The minimum absolute atomic E-state index is 0.0744. The van der Waals surface area contributed by atoms with Gasteiger partial charge < -0.3 is 10.5 Å². The summed E-state index contributed by atoms with van der Waals surface area (Å²) in [4.78, 5) is 12.9. The second kappa shape index (κ2) is 9.98. The van der Waals surface area contributed by atoms with Gasteiger partial charge in [0.15, 0.2) is 0 Å². The van der Waals surface area contributed by atoms with Crippen molar-refractivity contribution in [3.05, 3.63) is 22.4 Å². The van der Waals surface area contributed by atoms with E-state index in [-0.39, 0.29) is 5.97 Å². The van der Waals surface area contributed by atoms with Crippen LogP contribution in [0.5, 0.6) is 0 Å². The highest BCUT2D eigenvalue weighted by atomic mass is 32.1. The predicted octanol–water partition coefficient (Wildman–Crippen LogP) is 3.38. The van der Waals surface area contributed by atoms with Gasteiger partial charge in [0.25, 0.3) is 0 Å². The topological polar surface area (TPSA) is 52.3 Å². The zero-order valence-corrected chi connectivity index (χ0v) is 12.6. The maximum Gasteiger partial charge on any atom is 0.305 e. The van der Waals surface area contributed by atoms with Gasteiger partial charge in [-0.15, -0.1) is 11.3 Å². The standard InChI is InChI=1S/C15H25NO2S/c1-2-4-13(8-10-16)6-7-15(17)18-11-9-14-5-3-12-19-14/h3,5,12-13H,2,4,6-11,16H2,1H3. The fourth-order valence-corrected chi connectivity index (χ4v) is 2.88. The van der Waals surface area contributed by atoms with Crippen LogP contribution in [0.3, 0.4) is 0 Å². The lowest BCUT2D eigenvalue weighted by atomic mass is 9.95. The van der Waals surface area contributed by atoms with E-state index in [1.54, 1.807) is 11.3 Å². The second-order valence-electron chi connectivity index (χ2n) is 4.82. The van der Waals surface area contributed by atoms with Crippen molar-refractivity contribution in [2.75, 3.05) is 13.2 Å². The highest BCUT2D eigenvalue weighted by molar-refractivity contribution is 7.09. The Balaban J connectivity index is 2.12. The molecule has 0 aliphatic heterocycles. The molecule has 0 saturated heterocycles. The Bertz CT molecular complexity index is 332. The zero-order chi connectivity index (χ0) is 13.9. The summed E-state index contributed by atoms with van der Waals surface area (Å²) in [7, 11) is 0. The Morgan fingerprint density at radius 3 is 2.89 bits per heavy atom. The summed E-state index contributed by atoms with van der Waals surface area (Å²) >= 11 is 1.70. The van der Waals surface area contributed by atoms with E-state index in [9.17, 15) is 4.79 Å². The van der Waals surface area contributed by atoms with Gasteiger partial charge >= 0.3 is 5.97 Å². The molecule has 0 saturated carbocycles. The molecule has 0 aliphatic rings. The Kier molecular flexibility index (Phi) is 8.50. The van der Waals surface area contributed by atoms with Crippen LogP contribution in [0.25, 0.3) is 0 Å². The molecule has 0 spiro atoms. The van der Waals surface area contributed by atoms with E-state index in [0.717, 1.165) is 32.1 Å². The number of thiophene rings is 1. The van der Waals surface area contributed by atoms with Gasteiger partial charge in [-0.05, 0) is 36.8 Å². The second-order valence-corrected chi connectivity index (χ2v) is 5.85. The molecule has 0 aromatic carbocycles. The van der Waals surface area contributed by atoms with Crippen molar-refractivity contribution in [1.29, 1.82) is 0 Å². The van der Waals surface area contributed by atoms with Crippen molar-refractivity contribution in [3.8, 4) is 0 Å². The largest absolute Gasteiger partial charge is 0.465 e. The number of rotatable bonds is 10. The lowest BCUT2D eigenvalue weighted by Crippen LogP contribution is -2.13. The first-order valence-electron chi connectivity index (χ1n) is 7.14. The number of nitrogens with two attached hydrogens (primary N) is 1. The van der Waals surface area contributed by atoms with Crippen molar-refractivity contribution in [1.82, 2.24) is 0 Å². The van der Waals surface area contributed by atoms with Crippen LogP contribution in [0.15, 0.2) is 17.5 Å². The fourth-order valence-electron chi connectivity index (χ4n) is 2.19. The molecule has 1 unspecified atom stereocenters. The number of carbonyl (C=O) groups excluding carboxylic acids is 1. The number of carbonyl (C=O) groups is 1. The van der Waals surface area contributed by atoms with Gasteiger partial charge in [0, 0.05) is 17.7 Å². The first kappa shape index (κ1) is 16.2. The highest BCUT2D eigenvalue weighted by Crippen LogP contribution is 2.17. The van der Waals surface area contributed by atoms with Crippen LogP contribution in [0.1, 0.15) is 43.9 Å². The van der Waals surface area contributed by atoms with Crippen LogP contribution < -0.4 is 5.73 Å². The van der Waals surface area contributed by atoms with E-state index in [0.29, 0.717) is 25.5 Å². The van der Waals surface area contributed by atoms with Crippen molar-refractivity contribution in [2.45, 2.75) is 45.4 Å². The van der Waals surface area contributed by atoms with Crippen molar-refractivity contribution in [3.63, 3.8) is 0 Å². The van der Waals surface area contributed by atoms with Gasteiger partial charge in [0.2, 0.25) is 0 Å². The number of ether oxygens (including phenoxy) is 1. The van der Waals surface area contributed by atoms with E-state index in [1.165, 1.54) is 4.88 Å². The van der Waals surface area contributed by atoms with Gasteiger partial charge in [-0.1, -0.05) is 25.8 Å². The molecule has 0 fully saturated rings. The number of esters is 1. The Morgan fingerprint density at radius 1 is 1.42 bits per heavy atom. The SMILES string of the molecule is CCCC(CCN)CCC(=O)OCCc1cccs1. The molecule has 1 aromatic heterocycles. The summed E-state index contributed by atoms with van der Waals surface area (Å²) in [6.07, 6.45) is 5.57. The highest BCUT2D eigenvalue weighted by Gasteiger charge is 2.10. The molecule has 4 heteroatoms. The normalized spacial score (nSPS) is 12.3. The fraction of sp³-hybridized carbons (Fsp3) is 0.667. The van der Waals surface area contributed by atoms with Crippen molar-refractivity contribution in [2.24, 2.45) is 11.7 Å². The number of hydrogen-bond donors (Lipinski definition) is 1. The lowest BCUT2D eigenvalue weighted by molar-refractivity contribution is -0.143. The van der Waals surface area contributed by atoms with Crippen LogP contribution in [-0.4, -0.2) is 19.1 Å². The van der Waals surface area contributed by atoms with Crippen LogP contribution in [-0.2, 0) is 16.0 Å². The van der Waals surface area contributed by atoms with Crippen molar-refractivity contribution < 1.29 is 9.53 Å². The lowest BCUT2D eigenvalue weighted by Gasteiger charge is -2.14. The molecule has 1 atom stereocenters. The third-order valence-corrected chi connectivity index (χ3v) is 4.16. The summed E-state index contributed by atoms with van der Waals surface area (Å²) in [5, 5.41) is 2.04. The predicted molar refractivity (Wildman–Crippen MR) is 80.3 cm³/mol. The van der Waals surface area contributed by atoms with Crippen LogP contribution >= 0.6 is 11.3 Å². The molecule has 108 valence electrons. The van der Waals surface area contributed by atoms with E-state index in [1.807, 2.05) is 11.4 Å². The van der Waals surface area contributed by atoms with Gasteiger partial charge in [-0.2, -0.15) is 0 Å². The summed E-state index contributed by atoms with van der Waals surface area (Å²) in [6.45, 7) is 3.37. The van der Waals surface area contributed by atoms with Crippen molar-refractivity contribution >= 4 is 17.3 Å². The molecule has 2 N–H and O–H groups in total. The first-order valence-corrected chi connectivity index (χ1v) is 8.02. The molecule has 0 bridgehead atoms. The summed E-state index contributed by atoms with van der Waals surface area (Å²) in [5.74, 6) is 0.495. The maximum atomic E-state index is 11.6. The molecule has 3 nitrogen and oxygen atoms in total. The molecular formula is C15H25NO2S. The molecular weight excluding hydrogens is 258 g/mol. The molecule has 1 heterocycles. The minimum Gasteiger partial charge on any atom is -0.465 e. The zero-order valence-electron chi connectivity index (χ0n) is 11.8. The molecule has 0 radical (unpaired) electrons. The monoisotopic (exact) mass is 283 g/mol. The summed E-state index contributed by atoms with van der Waals surface area (Å²) in [5.41, 5.74) is 5.59. The van der Waals surface area contributed by atoms with E-state index >= 15 is 0 Å². The Hall–Kier alpha value is -0.870. The Labute approximate surface area is 120 Å². The van der Waals surface area contributed by atoms with Gasteiger partial charge in [0.05, 0.1) is 6.61 Å². The average molecular weight is 283 g/mol. The van der Waals surface area contributed by atoms with Crippen LogP contribution in [0.2, 0.25) is 0 Å². The van der Waals surface area contributed by atoms with E-state index in [2.05, 4.69) is 13.0 Å². The summed E-state index contributed by atoms with van der Waals surface area (Å²) in [6, 6.07) is 4.08. The third-order valence-electron chi connectivity index (χ3n) is 3.22. The quantitative estimate of drug-likeness (QED) is 0.670. The number of hydrogen-bond acceptors (Lipinski definition) is 4. The minimum atomic E-state index is -0.0744. The van der Waals surface area contributed by atoms with Crippen LogP contribution in [0.4, 0.5) is 0 Å². The molecule has 0 amide bonds. The third kappa shape index (κ3) is 7.33.